The maximum atomic E-state index is 6.23. The number of benzene rings is 1. The molecule has 0 fully saturated rings. The van der Waals surface area contributed by atoms with Crippen molar-refractivity contribution in [3.63, 3.8) is 0 Å². The number of unbranched alkanes of at least 4 members (excludes halogenated alkanes) is 5. The maximum Gasteiger partial charge on any atom is 0.0355 e. The second kappa shape index (κ2) is 9.39. The topological polar surface area (TPSA) is 26.0 Å². The monoisotopic (exact) mass is 283 g/mol. The van der Waals surface area contributed by atoms with Crippen LogP contribution in [0.2, 0.25) is 0 Å². The van der Waals surface area contributed by atoms with Gasteiger partial charge in [-0.3, -0.25) is 0 Å². The van der Waals surface area contributed by atoms with E-state index in [0.29, 0.717) is 0 Å². The molecule has 0 spiro atoms. The molecule has 19 heavy (non-hydrogen) atoms. The van der Waals surface area contributed by atoms with Gasteiger partial charge in [-0.2, -0.15) is 0 Å². The fraction of sp³-hybridized carbons (Fsp3) is 0.647. The van der Waals surface area contributed by atoms with Crippen molar-refractivity contribution in [2.45, 2.75) is 71.3 Å². The first-order valence-corrected chi connectivity index (χ1v) is 7.43. The minimum atomic E-state index is -0.223. The molecule has 1 aromatic carbocycles. The van der Waals surface area contributed by atoms with Crippen molar-refractivity contribution in [2.24, 2.45) is 5.73 Å². The van der Waals surface area contributed by atoms with Crippen LogP contribution in [-0.4, -0.2) is 0 Å². The van der Waals surface area contributed by atoms with Gasteiger partial charge in [0.1, 0.15) is 0 Å². The van der Waals surface area contributed by atoms with Crippen LogP contribution in [0.15, 0.2) is 24.3 Å². The molecule has 0 radical (unpaired) electrons. The van der Waals surface area contributed by atoms with Crippen LogP contribution in [-0.2, 0) is 12.0 Å². The van der Waals surface area contributed by atoms with Crippen molar-refractivity contribution in [1.82, 2.24) is 0 Å². The van der Waals surface area contributed by atoms with E-state index in [-0.39, 0.29) is 17.9 Å². The minimum absolute atomic E-state index is 0. The Morgan fingerprint density at radius 2 is 1.53 bits per heavy atom. The van der Waals surface area contributed by atoms with Crippen LogP contribution in [0, 0.1) is 0 Å². The first-order chi connectivity index (χ1) is 8.55. The standard InChI is InChI=1S/C17H29N.ClH/c1-4-5-6-7-8-9-12-15-13-10-11-14-16(15)17(2,3)18;/h10-11,13-14H,4-9,12,18H2,1-3H3;1H. The molecule has 0 saturated carbocycles. The van der Waals surface area contributed by atoms with Crippen molar-refractivity contribution >= 4 is 12.4 Å². The Kier molecular flexibility index (Phi) is 9.12. The Morgan fingerprint density at radius 3 is 2.16 bits per heavy atom. The molecule has 1 nitrogen and oxygen atoms in total. The summed E-state index contributed by atoms with van der Waals surface area (Å²) in [7, 11) is 0. The fourth-order valence-corrected chi connectivity index (χ4v) is 2.46. The van der Waals surface area contributed by atoms with Crippen LogP contribution >= 0.6 is 12.4 Å². The van der Waals surface area contributed by atoms with Crippen LogP contribution in [0.4, 0.5) is 0 Å². The van der Waals surface area contributed by atoms with E-state index < -0.39 is 0 Å². The van der Waals surface area contributed by atoms with Crippen LogP contribution in [0.3, 0.4) is 0 Å². The second-order valence-electron chi connectivity index (χ2n) is 5.90. The van der Waals surface area contributed by atoms with Crippen LogP contribution in [0.5, 0.6) is 0 Å². The lowest BCUT2D eigenvalue weighted by molar-refractivity contribution is 0.542. The van der Waals surface area contributed by atoms with E-state index in [1.807, 2.05) is 0 Å². The van der Waals surface area contributed by atoms with E-state index in [2.05, 4.69) is 45.0 Å². The Labute approximate surface area is 125 Å². The summed E-state index contributed by atoms with van der Waals surface area (Å²) in [6, 6.07) is 8.62. The molecule has 0 unspecified atom stereocenters. The van der Waals surface area contributed by atoms with Gasteiger partial charge in [0.15, 0.2) is 0 Å². The number of aryl methyl sites for hydroxylation is 1. The molecule has 0 aliphatic heterocycles. The zero-order chi connectivity index (χ0) is 13.4. The predicted molar refractivity (Wildman–Crippen MR) is 88.0 cm³/mol. The van der Waals surface area contributed by atoms with Crippen LogP contribution < -0.4 is 5.73 Å². The highest BCUT2D eigenvalue weighted by atomic mass is 35.5. The molecule has 0 amide bonds. The highest BCUT2D eigenvalue weighted by molar-refractivity contribution is 5.85. The summed E-state index contributed by atoms with van der Waals surface area (Å²) in [5.74, 6) is 0. The lowest BCUT2D eigenvalue weighted by atomic mass is 9.89. The molecule has 2 N–H and O–H groups in total. The SMILES string of the molecule is CCCCCCCCc1ccccc1C(C)(C)N.Cl. The highest BCUT2D eigenvalue weighted by Crippen LogP contribution is 2.23. The van der Waals surface area contributed by atoms with Crippen LogP contribution in [0.1, 0.15) is 70.4 Å². The molecule has 0 saturated heterocycles. The Bertz CT molecular complexity index is 341. The van der Waals surface area contributed by atoms with Gasteiger partial charge >= 0.3 is 0 Å². The molecule has 1 rings (SSSR count). The molecule has 0 aliphatic carbocycles. The van der Waals surface area contributed by atoms with Gasteiger partial charge in [0.25, 0.3) is 0 Å². The van der Waals surface area contributed by atoms with E-state index in [0.717, 1.165) is 0 Å². The number of hydrogen-bond acceptors (Lipinski definition) is 1. The fourth-order valence-electron chi connectivity index (χ4n) is 2.46. The maximum absolute atomic E-state index is 6.23. The van der Waals surface area contributed by atoms with Crippen molar-refractivity contribution in [3.05, 3.63) is 35.4 Å². The van der Waals surface area contributed by atoms with Crippen molar-refractivity contribution in [3.8, 4) is 0 Å². The molecule has 110 valence electrons. The number of rotatable bonds is 8. The third kappa shape index (κ3) is 6.98. The van der Waals surface area contributed by atoms with E-state index >= 15 is 0 Å². The average molecular weight is 284 g/mol. The first kappa shape index (κ1) is 18.5. The van der Waals surface area contributed by atoms with Gasteiger partial charge in [-0.25, -0.2) is 0 Å². The highest BCUT2D eigenvalue weighted by Gasteiger charge is 2.17. The third-order valence-electron chi connectivity index (χ3n) is 3.51. The Hall–Kier alpha value is -0.530. The summed E-state index contributed by atoms with van der Waals surface area (Å²) < 4.78 is 0. The smallest absolute Gasteiger partial charge is 0.0355 e. The first-order valence-electron chi connectivity index (χ1n) is 7.43. The van der Waals surface area contributed by atoms with Crippen molar-refractivity contribution in [1.29, 1.82) is 0 Å². The lowest BCUT2D eigenvalue weighted by Crippen LogP contribution is -2.30. The average Bonchev–Trinajstić information content (AvgIpc) is 2.33. The van der Waals surface area contributed by atoms with Gasteiger partial charge in [0.2, 0.25) is 0 Å². The number of halogens is 1. The normalized spacial score (nSPS) is 11.2. The summed E-state index contributed by atoms with van der Waals surface area (Å²) in [6.07, 6.45) is 9.28. The molecule has 0 bridgehead atoms. The molecule has 0 aliphatic rings. The predicted octanol–water partition coefficient (Wildman–Crippen LogP) is 5.21. The molecular weight excluding hydrogens is 254 g/mol. The third-order valence-corrected chi connectivity index (χ3v) is 3.51. The lowest BCUT2D eigenvalue weighted by Gasteiger charge is -2.22. The van der Waals surface area contributed by atoms with Gasteiger partial charge in [0, 0.05) is 5.54 Å². The zero-order valence-corrected chi connectivity index (χ0v) is 13.6. The summed E-state index contributed by atoms with van der Waals surface area (Å²) in [6.45, 7) is 6.44. The number of hydrogen-bond donors (Lipinski definition) is 1. The van der Waals surface area contributed by atoms with E-state index in [1.165, 1.54) is 56.1 Å². The zero-order valence-electron chi connectivity index (χ0n) is 12.7. The Balaban J connectivity index is 0.00000324. The number of nitrogens with two attached hydrogens (primary N) is 1. The minimum Gasteiger partial charge on any atom is -0.322 e. The summed E-state index contributed by atoms with van der Waals surface area (Å²) in [4.78, 5) is 0. The molecule has 0 aromatic heterocycles. The summed E-state index contributed by atoms with van der Waals surface area (Å²) in [5, 5.41) is 0. The van der Waals surface area contributed by atoms with Crippen molar-refractivity contribution in [2.75, 3.05) is 0 Å². The second-order valence-corrected chi connectivity index (χ2v) is 5.90. The largest absolute Gasteiger partial charge is 0.322 e. The van der Waals surface area contributed by atoms with Gasteiger partial charge in [0.05, 0.1) is 0 Å². The molecule has 2 heteroatoms. The van der Waals surface area contributed by atoms with E-state index in [9.17, 15) is 0 Å². The van der Waals surface area contributed by atoms with Gasteiger partial charge in [-0.15, -0.1) is 12.4 Å². The molecule has 1 aromatic rings. The van der Waals surface area contributed by atoms with Crippen molar-refractivity contribution < 1.29 is 0 Å². The molecule has 0 atom stereocenters. The van der Waals surface area contributed by atoms with Gasteiger partial charge in [-0.1, -0.05) is 63.3 Å². The summed E-state index contributed by atoms with van der Waals surface area (Å²) >= 11 is 0. The van der Waals surface area contributed by atoms with E-state index in [4.69, 9.17) is 5.73 Å². The van der Waals surface area contributed by atoms with Gasteiger partial charge < -0.3 is 5.73 Å². The van der Waals surface area contributed by atoms with Gasteiger partial charge in [-0.05, 0) is 37.8 Å². The van der Waals surface area contributed by atoms with Crippen LogP contribution in [0.25, 0.3) is 0 Å². The molecule has 0 heterocycles. The Morgan fingerprint density at radius 1 is 0.947 bits per heavy atom. The quantitative estimate of drug-likeness (QED) is 0.652. The molecular formula is C17H30ClN. The summed E-state index contributed by atoms with van der Waals surface area (Å²) in [5.41, 5.74) is 8.74. The van der Waals surface area contributed by atoms with E-state index in [1.54, 1.807) is 0 Å².